The Morgan fingerprint density at radius 3 is 2.20 bits per heavy atom. The lowest BCUT2D eigenvalue weighted by Crippen LogP contribution is -2.62. The molecule has 4 aliphatic heterocycles. The molecule has 0 spiro atoms. The van der Waals surface area contributed by atoms with Crippen LogP contribution in [0.1, 0.15) is 96.4 Å². The first kappa shape index (κ1) is 52.8. The van der Waals surface area contributed by atoms with E-state index in [1.807, 2.05) is 20.8 Å². The Kier molecular flexibility index (Phi) is 17.1. The van der Waals surface area contributed by atoms with E-state index in [4.69, 9.17) is 11.5 Å². The molecule has 0 aliphatic carbocycles. The molecule has 8 amide bonds. The van der Waals surface area contributed by atoms with Gasteiger partial charge in [0, 0.05) is 54.4 Å². The van der Waals surface area contributed by atoms with Crippen molar-refractivity contribution in [2.75, 3.05) is 13.1 Å². The molecule has 7 rings (SSSR count). The lowest BCUT2D eigenvalue weighted by Gasteiger charge is -2.34. The maximum absolute atomic E-state index is 14.9. The van der Waals surface area contributed by atoms with Crippen LogP contribution in [0.2, 0.25) is 0 Å². The predicted octanol–water partition coefficient (Wildman–Crippen LogP) is -1.65. The van der Waals surface area contributed by atoms with Crippen LogP contribution in [-0.4, -0.2) is 134 Å². The minimum absolute atomic E-state index is 0.0336. The largest absolute Gasteiger partial charge is 0.480 e. The molecule has 4 aliphatic rings. The number of guanidine groups is 1. The Bertz CT molecular complexity index is 2570. The number of carboxylic acid groups (broad SMARTS) is 1. The van der Waals surface area contributed by atoms with E-state index in [9.17, 15) is 48.3 Å². The zero-order valence-electron chi connectivity index (χ0n) is 40.7. The van der Waals surface area contributed by atoms with Gasteiger partial charge in [0.2, 0.25) is 47.3 Å². The highest BCUT2D eigenvalue weighted by Gasteiger charge is 2.41. The maximum Gasteiger partial charge on any atom is 0.326 e. The van der Waals surface area contributed by atoms with Gasteiger partial charge < -0.3 is 64.1 Å². The average molecular weight is 987 g/mol. The van der Waals surface area contributed by atoms with Gasteiger partial charge in [0.05, 0.1) is 12.2 Å². The van der Waals surface area contributed by atoms with Crippen LogP contribution in [-0.2, 0) is 56.0 Å². The highest BCUT2D eigenvalue weighted by atomic mass is 16.4. The van der Waals surface area contributed by atoms with Crippen molar-refractivity contribution >= 4 is 70.1 Å². The lowest BCUT2D eigenvalue weighted by atomic mass is 9.81. The summed E-state index contributed by atoms with van der Waals surface area (Å²) in [6, 6.07) is -3.51. The van der Waals surface area contributed by atoms with E-state index < -0.39 is 114 Å². The molecule has 9 atom stereocenters. The second-order valence-corrected chi connectivity index (χ2v) is 19.2. The number of aromatic nitrogens is 3. The minimum Gasteiger partial charge on any atom is -0.480 e. The molecule has 14 N–H and O–H groups in total. The highest BCUT2D eigenvalue weighted by Crippen LogP contribution is 2.35. The number of nitrogens with one attached hydrogen (secondary N) is 9. The third kappa shape index (κ3) is 12.8. The van der Waals surface area contributed by atoms with Gasteiger partial charge in [-0.05, 0) is 48.6 Å². The zero-order chi connectivity index (χ0) is 51.8. The summed E-state index contributed by atoms with van der Waals surface area (Å²) < 4.78 is 1.58. The Hall–Kier alpha value is -7.53. The summed E-state index contributed by atoms with van der Waals surface area (Å²) in [4.78, 5) is 136. The predicted molar refractivity (Wildman–Crippen MR) is 258 cm³/mol. The monoisotopic (exact) mass is 987 g/mol. The number of fused-ring (bicyclic) bond motifs is 13. The lowest BCUT2D eigenvalue weighted by molar-refractivity contribution is -0.141. The minimum atomic E-state index is -1.46. The fourth-order valence-electron chi connectivity index (χ4n) is 9.22. The number of nitrogens with two attached hydrogens (primary N) is 2. The molecule has 6 heterocycles. The third-order valence-corrected chi connectivity index (χ3v) is 13.3. The van der Waals surface area contributed by atoms with E-state index in [1.54, 1.807) is 49.7 Å². The summed E-state index contributed by atoms with van der Waals surface area (Å²) in [5.74, 6) is -8.78. The van der Waals surface area contributed by atoms with Crippen molar-refractivity contribution in [2.45, 2.75) is 135 Å². The van der Waals surface area contributed by atoms with Gasteiger partial charge in [0.1, 0.15) is 54.4 Å². The molecule has 384 valence electrons. The van der Waals surface area contributed by atoms with Gasteiger partial charge in [-0.2, -0.15) is 0 Å². The quantitative estimate of drug-likeness (QED) is 0.0444. The second kappa shape index (κ2) is 22.9. The molecule has 24 heteroatoms. The number of benzene rings is 1. The van der Waals surface area contributed by atoms with Crippen LogP contribution in [0.4, 0.5) is 0 Å². The topological polar surface area (TPSA) is 368 Å². The van der Waals surface area contributed by atoms with E-state index >= 15 is 0 Å². The zero-order valence-corrected chi connectivity index (χ0v) is 40.7. The number of aliphatic carboxylic acids is 1. The van der Waals surface area contributed by atoms with Gasteiger partial charge in [0.15, 0.2) is 5.96 Å². The van der Waals surface area contributed by atoms with Crippen LogP contribution in [0.25, 0.3) is 16.7 Å². The van der Waals surface area contributed by atoms with E-state index in [2.05, 4.69) is 57.5 Å². The van der Waals surface area contributed by atoms with Crippen LogP contribution in [0, 0.1) is 17.8 Å². The first-order valence-electron chi connectivity index (χ1n) is 24.0. The van der Waals surface area contributed by atoms with Crippen LogP contribution in [0.15, 0.2) is 35.7 Å². The number of imidazole rings is 1. The molecule has 71 heavy (non-hydrogen) atoms. The van der Waals surface area contributed by atoms with Gasteiger partial charge in [0.25, 0.3) is 0 Å². The molecular weight excluding hydrogens is 921 g/mol. The summed E-state index contributed by atoms with van der Waals surface area (Å²) in [5.41, 5.74) is 12.8. The smallest absolute Gasteiger partial charge is 0.326 e. The number of aliphatic imine (C=N–C) groups is 1. The van der Waals surface area contributed by atoms with Gasteiger partial charge in [-0.3, -0.25) is 47.9 Å². The second-order valence-electron chi connectivity index (χ2n) is 19.2. The average Bonchev–Trinajstić information content (AvgIpc) is 4.06. The first-order chi connectivity index (χ1) is 33.6. The van der Waals surface area contributed by atoms with Crippen molar-refractivity contribution < 1.29 is 48.3 Å². The number of carbonyl (C=O) groups excluding carboxylic acids is 8. The molecule has 2 aromatic heterocycles. The Balaban J connectivity index is 1.57. The highest BCUT2D eigenvalue weighted by molar-refractivity contribution is 5.99. The molecule has 7 bridgehead atoms. The van der Waals surface area contributed by atoms with E-state index in [0.717, 1.165) is 0 Å². The number of hydrogen-bond donors (Lipinski definition) is 12. The van der Waals surface area contributed by atoms with Crippen molar-refractivity contribution in [1.29, 1.82) is 0 Å². The summed E-state index contributed by atoms with van der Waals surface area (Å²) in [6.45, 7) is 10.2. The van der Waals surface area contributed by atoms with Crippen molar-refractivity contribution in [3.05, 3.63) is 47.5 Å². The number of H-pyrrole nitrogens is 1. The molecule has 3 aromatic rings. The van der Waals surface area contributed by atoms with Crippen molar-refractivity contribution in [2.24, 2.45) is 34.2 Å². The van der Waals surface area contributed by atoms with Crippen molar-refractivity contribution in [3.63, 3.8) is 0 Å². The number of amides is 8. The molecule has 0 radical (unpaired) electrons. The van der Waals surface area contributed by atoms with Gasteiger partial charge in [-0.1, -0.05) is 60.1 Å². The molecular formula is C47H66N14O10. The number of aromatic amines is 1. The molecule has 1 fully saturated rings. The van der Waals surface area contributed by atoms with Gasteiger partial charge >= 0.3 is 5.97 Å². The number of carbonyl (C=O) groups is 9. The van der Waals surface area contributed by atoms with Crippen LogP contribution in [0.3, 0.4) is 0 Å². The van der Waals surface area contributed by atoms with Crippen LogP contribution >= 0.6 is 0 Å². The van der Waals surface area contributed by atoms with Crippen molar-refractivity contribution in [1.82, 2.24) is 57.1 Å². The fourth-order valence-corrected chi connectivity index (χ4v) is 9.22. The fraction of sp³-hybridized carbons (Fsp3) is 0.553. The number of hydrogen-bond acceptors (Lipinski definition) is 11. The van der Waals surface area contributed by atoms with Crippen molar-refractivity contribution in [3.8, 4) is 5.82 Å². The van der Waals surface area contributed by atoms with Gasteiger partial charge in [-0.15, -0.1) is 0 Å². The molecule has 1 aromatic carbocycles. The Morgan fingerprint density at radius 1 is 0.845 bits per heavy atom. The van der Waals surface area contributed by atoms with Crippen LogP contribution < -0.4 is 54.0 Å². The van der Waals surface area contributed by atoms with Gasteiger partial charge in [-0.25, -0.2) is 9.78 Å². The third-order valence-electron chi connectivity index (χ3n) is 13.3. The number of nitrogens with zero attached hydrogens (tertiary/aromatic N) is 3. The summed E-state index contributed by atoms with van der Waals surface area (Å²) >= 11 is 0. The summed E-state index contributed by atoms with van der Waals surface area (Å²) in [5, 5.41) is 32.4. The maximum atomic E-state index is 14.9. The first-order valence-corrected chi connectivity index (χ1v) is 24.0. The van der Waals surface area contributed by atoms with E-state index in [0.29, 0.717) is 34.3 Å². The SMILES string of the molecule is CCC(C)C1NC(=O)C(NC(=O)C2CCC(=O)N2)C(C(C)C)c2ccc3c4c([nH]c3c2)-n2cnc(c2)CC(C(=O)O)NC(=O)CNC(=O)C(CCCN=C(N)N)NC(=O)C(C4)NC(=O)C(C(C)C)NC1=O. The van der Waals surface area contributed by atoms with E-state index in [-0.39, 0.29) is 68.5 Å². The summed E-state index contributed by atoms with van der Waals surface area (Å²) in [6.07, 6.45) is 3.42. The molecule has 24 nitrogen and oxygen atoms in total. The molecule has 1 saturated heterocycles. The molecule has 9 unspecified atom stereocenters. The standard InChI is InChI=1S/C47H66N14O10/c1-7-23(6)37-44(68)58-36(22(4)5)43(67)57-31-17-27-26-11-10-24(35(21(2)3)38(45(69)59-37)60-41(65)29-12-13-33(62)53-29)15-30(26)55-39(27)61-19-25(52-20-61)16-32(46(70)71)54-34(63)18-51-40(64)28(56-42(31)66)9-8-14-50-47(48)49/h10-11,15,19-23,28-29,31-32,35-38,55H,7-9,12-14,16-18H2,1-6H3,(H,51,64)(H,53,62)(H,54,63)(H,56,66)(H,57,67)(H,58,68)(H,59,69)(H,60,65)(H,70,71)(H4,48,49,50). The Morgan fingerprint density at radius 2 is 1.55 bits per heavy atom. The van der Waals surface area contributed by atoms with Crippen LogP contribution in [0.5, 0.6) is 0 Å². The number of carboxylic acids is 1. The Labute approximate surface area is 409 Å². The number of rotatable bonds is 11. The normalized spacial score (nSPS) is 25.3. The van der Waals surface area contributed by atoms with E-state index in [1.165, 1.54) is 6.33 Å². The molecule has 0 saturated carbocycles. The summed E-state index contributed by atoms with van der Waals surface area (Å²) in [7, 11) is 0.